The molecule has 0 radical (unpaired) electrons. The van der Waals surface area contributed by atoms with Gasteiger partial charge in [0.05, 0.1) is 0 Å². The van der Waals surface area contributed by atoms with Crippen LogP contribution in [0.15, 0.2) is 18.2 Å². The summed E-state index contributed by atoms with van der Waals surface area (Å²) in [5.41, 5.74) is 2.06. The summed E-state index contributed by atoms with van der Waals surface area (Å²) >= 11 is 0. The second-order valence-electron chi connectivity index (χ2n) is 6.02. The van der Waals surface area contributed by atoms with E-state index in [1.54, 1.807) is 12.1 Å². The number of halogens is 1. The van der Waals surface area contributed by atoms with Crippen LogP contribution < -0.4 is 10.2 Å². The van der Waals surface area contributed by atoms with Crippen LogP contribution in [0.4, 0.5) is 10.1 Å². The van der Waals surface area contributed by atoms with Gasteiger partial charge >= 0.3 is 0 Å². The van der Waals surface area contributed by atoms with E-state index in [4.69, 9.17) is 0 Å². The molecule has 2 nitrogen and oxygen atoms in total. The van der Waals surface area contributed by atoms with Crippen LogP contribution in [0.3, 0.4) is 0 Å². The number of nitrogens with one attached hydrogen (secondary N) is 1. The Labute approximate surface area is 122 Å². The van der Waals surface area contributed by atoms with Gasteiger partial charge < -0.3 is 10.2 Å². The third-order valence-corrected chi connectivity index (χ3v) is 4.09. The molecule has 1 aliphatic rings. The largest absolute Gasteiger partial charge is 0.371 e. The van der Waals surface area contributed by atoms with Gasteiger partial charge in [0.25, 0.3) is 0 Å². The molecule has 20 heavy (non-hydrogen) atoms. The predicted octanol–water partition coefficient (Wildman–Crippen LogP) is 3.95. The van der Waals surface area contributed by atoms with Crippen molar-refractivity contribution in [1.29, 1.82) is 0 Å². The average Bonchev–Trinajstić information content (AvgIpc) is 3.25. The fourth-order valence-corrected chi connectivity index (χ4v) is 2.39. The highest BCUT2D eigenvalue weighted by atomic mass is 19.1. The van der Waals surface area contributed by atoms with Gasteiger partial charge in [-0.25, -0.2) is 4.39 Å². The van der Waals surface area contributed by atoms with Crippen LogP contribution in [0.5, 0.6) is 0 Å². The normalized spacial score (nSPS) is 16.2. The lowest BCUT2D eigenvalue weighted by Crippen LogP contribution is -2.28. The predicted molar refractivity (Wildman–Crippen MR) is 83.6 cm³/mol. The molecule has 3 heteroatoms. The molecular weight excluding hydrogens is 251 g/mol. The Kier molecular flexibility index (Phi) is 5.41. The molecule has 0 spiro atoms. The van der Waals surface area contributed by atoms with Gasteiger partial charge in [-0.15, -0.1) is 0 Å². The Balaban J connectivity index is 2.07. The maximum Gasteiger partial charge on any atom is 0.125 e. The number of hydrogen-bond donors (Lipinski definition) is 1. The van der Waals surface area contributed by atoms with Gasteiger partial charge in [-0.3, -0.25) is 0 Å². The zero-order valence-corrected chi connectivity index (χ0v) is 13.0. The Morgan fingerprint density at radius 3 is 2.65 bits per heavy atom. The first kappa shape index (κ1) is 15.3. The molecule has 1 saturated carbocycles. The van der Waals surface area contributed by atoms with Crippen molar-refractivity contribution in [3.63, 3.8) is 0 Å². The Hall–Kier alpha value is -1.09. The molecule has 0 saturated heterocycles. The number of hydrogen-bond acceptors (Lipinski definition) is 2. The second-order valence-corrected chi connectivity index (χ2v) is 6.02. The average molecular weight is 278 g/mol. The van der Waals surface area contributed by atoms with E-state index in [2.05, 4.69) is 37.1 Å². The summed E-state index contributed by atoms with van der Waals surface area (Å²) in [5.74, 6) is 0.504. The number of nitrogens with zero attached hydrogens (tertiary/aromatic N) is 1. The van der Waals surface area contributed by atoms with E-state index in [0.29, 0.717) is 12.0 Å². The van der Waals surface area contributed by atoms with Crippen LogP contribution in [0.2, 0.25) is 0 Å². The highest BCUT2D eigenvalue weighted by Gasteiger charge is 2.20. The van der Waals surface area contributed by atoms with Gasteiger partial charge in [-0.05, 0) is 49.4 Å². The van der Waals surface area contributed by atoms with Crippen molar-refractivity contribution in [2.24, 2.45) is 5.92 Å². The van der Waals surface area contributed by atoms with Crippen molar-refractivity contribution in [1.82, 2.24) is 5.32 Å². The molecule has 2 rings (SSSR count). The SMILES string of the molecule is CCC(C)CN(CC)c1cc(F)cc(CNC2CC2)c1. The molecule has 0 amide bonds. The van der Waals surface area contributed by atoms with Gasteiger partial charge in [-0.2, -0.15) is 0 Å². The van der Waals surface area contributed by atoms with Crippen molar-refractivity contribution in [3.05, 3.63) is 29.6 Å². The van der Waals surface area contributed by atoms with E-state index in [0.717, 1.165) is 37.3 Å². The summed E-state index contributed by atoms with van der Waals surface area (Å²) in [5, 5.41) is 3.45. The minimum absolute atomic E-state index is 0.127. The topological polar surface area (TPSA) is 15.3 Å². The minimum Gasteiger partial charge on any atom is -0.371 e. The monoisotopic (exact) mass is 278 g/mol. The maximum atomic E-state index is 13.8. The zero-order valence-electron chi connectivity index (χ0n) is 13.0. The molecule has 1 aromatic rings. The van der Waals surface area contributed by atoms with E-state index in [9.17, 15) is 4.39 Å². The summed E-state index contributed by atoms with van der Waals surface area (Å²) in [6.45, 7) is 9.27. The summed E-state index contributed by atoms with van der Waals surface area (Å²) in [6.07, 6.45) is 3.68. The molecule has 0 heterocycles. The van der Waals surface area contributed by atoms with Crippen LogP contribution >= 0.6 is 0 Å². The quantitative estimate of drug-likeness (QED) is 0.774. The third-order valence-electron chi connectivity index (χ3n) is 4.09. The van der Waals surface area contributed by atoms with E-state index in [-0.39, 0.29) is 5.82 Å². The van der Waals surface area contributed by atoms with Crippen molar-refractivity contribution >= 4 is 5.69 Å². The first-order chi connectivity index (χ1) is 9.62. The minimum atomic E-state index is -0.127. The standard InChI is InChI=1S/C17H27FN2/c1-4-13(3)12-20(5-2)17-9-14(8-15(18)10-17)11-19-16-6-7-16/h8-10,13,16,19H,4-7,11-12H2,1-3H3. The van der Waals surface area contributed by atoms with E-state index in [1.165, 1.54) is 12.8 Å². The molecule has 1 unspecified atom stereocenters. The third kappa shape index (κ3) is 4.48. The van der Waals surface area contributed by atoms with Crippen LogP contribution in [0.25, 0.3) is 0 Å². The van der Waals surface area contributed by atoms with Crippen LogP contribution in [-0.2, 0) is 6.54 Å². The van der Waals surface area contributed by atoms with Crippen LogP contribution in [0.1, 0.15) is 45.6 Å². The molecule has 1 aliphatic carbocycles. The Morgan fingerprint density at radius 2 is 2.05 bits per heavy atom. The summed E-state index contributed by atoms with van der Waals surface area (Å²) in [6, 6.07) is 6.09. The van der Waals surface area contributed by atoms with Crippen LogP contribution in [-0.4, -0.2) is 19.1 Å². The highest BCUT2D eigenvalue weighted by molar-refractivity contribution is 5.49. The van der Waals surface area contributed by atoms with Crippen LogP contribution in [0, 0.1) is 11.7 Å². The summed E-state index contributed by atoms with van der Waals surface area (Å²) in [4.78, 5) is 2.28. The zero-order chi connectivity index (χ0) is 14.5. The van der Waals surface area contributed by atoms with Gasteiger partial charge in [0, 0.05) is 31.4 Å². The summed E-state index contributed by atoms with van der Waals surface area (Å²) in [7, 11) is 0. The second kappa shape index (κ2) is 7.07. The molecule has 112 valence electrons. The Bertz CT molecular complexity index is 429. The Morgan fingerprint density at radius 1 is 1.30 bits per heavy atom. The lowest BCUT2D eigenvalue weighted by Gasteiger charge is -2.26. The maximum absolute atomic E-state index is 13.8. The molecule has 0 bridgehead atoms. The van der Waals surface area contributed by atoms with E-state index < -0.39 is 0 Å². The van der Waals surface area contributed by atoms with Crippen molar-refractivity contribution in [3.8, 4) is 0 Å². The first-order valence-corrected chi connectivity index (χ1v) is 7.90. The van der Waals surface area contributed by atoms with Crippen molar-refractivity contribution < 1.29 is 4.39 Å². The summed E-state index contributed by atoms with van der Waals surface area (Å²) < 4.78 is 13.8. The van der Waals surface area contributed by atoms with Gasteiger partial charge in [0.15, 0.2) is 0 Å². The number of anilines is 1. The van der Waals surface area contributed by atoms with Gasteiger partial charge in [-0.1, -0.05) is 20.3 Å². The first-order valence-electron chi connectivity index (χ1n) is 7.90. The molecular formula is C17H27FN2. The smallest absolute Gasteiger partial charge is 0.125 e. The number of rotatable bonds is 8. The molecule has 1 fully saturated rings. The molecule has 0 aromatic heterocycles. The van der Waals surface area contributed by atoms with Gasteiger partial charge in [0.1, 0.15) is 5.82 Å². The van der Waals surface area contributed by atoms with Gasteiger partial charge in [0.2, 0.25) is 0 Å². The van der Waals surface area contributed by atoms with E-state index >= 15 is 0 Å². The molecule has 0 aliphatic heterocycles. The highest BCUT2D eigenvalue weighted by Crippen LogP contribution is 2.23. The molecule has 1 aromatic carbocycles. The lowest BCUT2D eigenvalue weighted by atomic mass is 10.1. The number of benzene rings is 1. The molecule has 1 N–H and O–H groups in total. The van der Waals surface area contributed by atoms with E-state index in [1.807, 2.05) is 0 Å². The van der Waals surface area contributed by atoms with Crippen molar-refractivity contribution in [2.45, 2.75) is 52.6 Å². The fourth-order valence-electron chi connectivity index (χ4n) is 2.39. The fraction of sp³-hybridized carbons (Fsp3) is 0.647. The molecule has 1 atom stereocenters. The lowest BCUT2D eigenvalue weighted by molar-refractivity contribution is 0.546. The van der Waals surface area contributed by atoms with Crippen molar-refractivity contribution in [2.75, 3.05) is 18.0 Å².